The number of amides is 2. The zero-order valence-electron chi connectivity index (χ0n) is 14.1. The highest BCUT2D eigenvalue weighted by Gasteiger charge is 2.72. The molecule has 1 saturated carbocycles. The average Bonchev–Trinajstić information content (AvgIpc) is 2.95. The minimum Gasteiger partial charge on any atom is -0.331 e. The van der Waals surface area contributed by atoms with Gasteiger partial charge in [0, 0.05) is 31.0 Å². The summed E-state index contributed by atoms with van der Waals surface area (Å²) in [5.41, 5.74) is -1.65. The maximum Gasteiger partial charge on any atom is 0.419 e. The van der Waals surface area contributed by atoms with Crippen molar-refractivity contribution in [3.8, 4) is 0 Å². The first kappa shape index (κ1) is 21.8. The van der Waals surface area contributed by atoms with Crippen molar-refractivity contribution in [1.82, 2.24) is 4.90 Å². The largest absolute Gasteiger partial charge is 0.419 e. The third-order valence-electron chi connectivity index (χ3n) is 4.82. The molecule has 28 heavy (non-hydrogen) atoms. The van der Waals surface area contributed by atoms with Crippen LogP contribution in [-0.2, 0) is 15.8 Å². The zero-order chi connectivity index (χ0) is 21.2. The molecule has 1 aromatic carbocycles. The van der Waals surface area contributed by atoms with Gasteiger partial charge in [0.15, 0.2) is 4.87 Å². The van der Waals surface area contributed by atoms with Crippen molar-refractivity contribution in [2.24, 2.45) is 0 Å². The zero-order valence-corrected chi connectivity index (χ0v) is 17.3. The van der Waals surface area contributed by atoms with Gasteiger partial charge < -0.3 is 9.80 Å². The van der Waals surface area contributed by atoms with Gasteiger partial charge in [0.25, 0.3) is 5.91 Å². The van der Waals surface area contributed by atoms with Crippen LogP contribution in [0.4, 0.5) is 23.2 Å². The molecule has 4 nitrogen and oxygen atoms in total. The highest BCUT2D eigenvalue weighted by molar-refractivity contribution is 7.81. The Labute approximate surface area is 178 Å². The molecular weight excluding hydrogens is 467 g/mol. The quantitative estimate of drug-likeness (QED) is 0.406. The first-order chi connectivity index (χ1) is 12.7. The fourth-order valence-electron chi connectivity index (χ4n) is 3.16. The van der Waals surface area contributed by atoms with Crippen molar-refractivity contribution in [3.05, 3.63) is 29.6 Å². The molecule has 3 rings (SSSR count). The van der Waals surface area contributed by atoms with E-state index in [2.05, 4.69) is 12.6 Å². The second-order valence-electron chi connectivity index (χ2n) is 6.72. The molecule has 3 unspecified atom stereocenters. The van der Waals surface area contributed by atoms with E-state index in [-0.39, 0.29) is 18.7 Å². The Kier molecular flexibility index (Phi) is 5.31. The fraction of sp³-hybridized carbons (Fsp3) is 0.500. The predicted octanol–water partition coefficient (Wildman–Crippen LogP) is 3.87. The van der Waals surface area contributed by atoms with Crippen LogP contribution in [0.5, 0.6) is 0 Å². The van der Waals surface area contributed by atoms with E-state index < -0.39 is 49.9 Å². The molecule has 1 aliphatic heterocycles. The van der Waals surface area contributed by atoms with E-state index in [9.17, 15) is 27.2 Å². The summed E-state index contributed by atoms with van der Waals surface area (Å²) >= 11 is 22.2. The number of halogens is 7. The smallest absolute Gasteiger partial charge is 0.331 e. The minimum atomic E-state index is -4.92. The van der Waals surface area contributed by atoms with E-state index in [1.807, 2.05) is 0 Å². The van der Waals surface area contributed by atoms with Gasteiger partial charge >= 0.3 is 6.18 Å². The molecule has 2 fully saturated rings. The van der Waals surface area contributed by atoms with Gasteiger partial charge in [0.1, 0.15) is 16.2 Å². The lowest BCUT2D eigenvalue weighted by atomic mass is 10.1. The minimum absolute atomic E-state index is 0.0113. The van der Waals surface area contributed by atoms with Gasteiger partial charge in [-0.1, -0.05) is 23.2 Å². The molecule has 154 valence electrons. The fourth-order valence-corrected chi connectivity index (χ4v) is 4.68. The SMILES string of the molecule is CN(C(=O)C1(Cl)CC1(Cl)Cl)C1C(=O)N(c2ccc(F)c(C(F)(F)F)c2)CC1S. The van der Waals surface area contributed by atoms with Crippen molar-refractivity contribution in [2.75, 3.05) is 18.5 Å². The Morgan fingerprint density at radius 1 is 1.32 bits per heavy atom. The summed E-state index contributed by atoms with van der Waals surface area (Å²) in [4.78, 5) is 25.9. The Morgan fingerprint density at radius 3 is 2.39 bits per heavy atom. The highest BCUT2D eigenvalue weighted by atomic mass is 35.5. The molecule has 1 aliphatic carbocycles. The second kappa shape index (κ2) is 6.82. The van der Waals surface area contributed by atoms with Gasteiger partial charge in [-0.05, 0) is 18.2 Å². The average molecular weight is 480 g/mol. The third kappa shape index (κ3) is 3.44. The molecule has 0 spiro atoms. The molecule has 1 aromatic rings. The summed E-state index contributed by atoms with van der Waals surface area (Å²) in [7, 11) is 1.32. The maximum absolute atomic E-state index is 13.5. The Balaban J connectivity index is 1.87. The number of likely N-dealkylation sites (N-methyl/N-ethyl adjacent to an activating group) is 1. The number of carbonyl (C=O) groups excluding carboxylic acids is 2. The molecule has 3 atom stereocenters. The predicted molar refractivity (Wildman–Crippen MR) is 101 cm³/mol. The van der Waals surface area contributed by atoms with Crippen molar-refractivity contribution in [1.29, 1.82) is 0 Å². The summed E-state index contributed by atoms with van der Waals surface area (Å²) in [6.07, 6.45) is -4.93. The number of rotatable bonds is 3. The molecule has 0 bridgehead atoms. The van der Waals surface area contributed by atoms with Gasteiger partial charge in [-0.3, -0.25) is 9.59 Å². The van der Waals surface area contributed by atoms with E-state index in [4.69, 9.17) is 34.8 Å². The molecule has 0 aromatic heterocycles. The summed E-state index contributed by atoms with van der Waals surface area (Å²) in [6, 6.07) is 1.13. The van der Waals surface area contributed by atoms with Gasteiger partial charge in [0.05, 0.1) is 5.56 Å². The molecule has 12 heteroatoms. The van der Waals surface area contributed by atoms with E-state index in [0.29, 0.717) is 12.1 Å². The normalized spacial score (nSPS) is 29.2. The Morgan fingerprint density at radius 2 is 1.89 bits per heavy atom. The van der Waals surface area contributed by atoms with Crippen molar-refractivity contribution >= 4 is 64.9 Å². The lowest BCUT2D eigenvalue weighted by Gasteiger charge is -2.28. The number of hydrogen-bond donors (Lipinski definition) is 1. The summed E-state index contributed by atoms with van der Waals surface area (Å²) in [5, 5.41) is -0.722. The first-order valence-corrected chi connectivity index (χ1v) is 9.56. The molecule has 1 heterocycles. The molecule has 0 N–H and O–H groups in total. The Bertz CT molecular complexity index is 854. The number of nitrogens with zero attached hydrogens (tertiary/aromatic N) is 2. The highest BCUT2D eigenvalue weighted by Crippen LogP contribution is 2.62. The van der Waals surface area contributed by atoms with Crippen LogP contribution in [0.2, 0.25) is 0 Å². The first-order valence-electron chi connectivity index (χ1n) is 7.91. The molecule has 0 radical (unpaired) electrons. The van der Waals surface area contributed by atoms with Crippen LogP contribution in [-0.4, -0.2) is 50.8 Å². The monoisotopic (exact) mass is 478 g/mol. The lowest BCUT2D eigenvalue weighted by molar-refractivity contribution is -0.140. The van der Waals surface area contributed by atoms with Gasteiger partial charge in [0.2, 0.25) is 5.91 Å². The van der Waals surface area contributed by atoms with E-state index in [0.717, 1.165) is 15.9 Å². The lowest BCUT2D eigenvalue weighted by Crippen LogP contribution is -2.50. The summed E-state index contributed by atoms with van der Waals surface area (Å²) < 4.78 is 50.9. The standard InChI is InChI=1S/C16H13Cl3F4N2O2S/c1-24(13(27)14(17)6-15(14,18)19)11-10(28)5-25(12(11)26)7-2-3-9(20)8(4-7)16(21,22)23/h2-4,10-11,28H,5-6H2,1H3. The van der Waals surface area contributed by atoms with Crippen molar-refractivity contribution in [2.45, 2.75) is 33.1 Å². The molecule has 2 amide bonds. The van der Waals surface area contributed by atoms with Crippen LogP contribution < -0.4 is 4.90 Å². The van der Waals surface area contributed by atoms with E-state index >= 15 is 0 Å². The third-order valence-corrected chi connectivity index (χ3v) is 6.99. The maximum atomic E-state index is 13.5. The van der Waals surface area contributed by atoms with E-state index in [1.165, 1.54) is 7.05 Å². The van der Waals surface area contributed by atoms with Gasteiger partial charge in [-0.25, -0.2) is 4.39 Å². The number of thiol groups is 1. The van der Waals surface area contributed by atoms with E-state index in [1.54, 1.807) is 0 Å². The molecular formula is C16H13Cl3F4N2O2S. The summed E-state index contributed by atoms with van der Waals surface area (Å²) in [6.45, 7) is -0.0880. The van der Waals surface area contributed by atoms with Crippen LogP contribution in [0.15, 0.2) is 18.2 Å². The van der Waals surface area contributed by atoms with Crippen molar-refractivity contribution in [3.63, 3.8) is 0 Å². The molecule has 2 aliphatic rings. The Hall–Kier alpha value is -0.900. The van der Waals surface area contributed by atoms with Crippen LogP contribution >= 0.6 is 47.4 Å². The number of anilines is 1. The number of alkyl halides is 6. The number of hydrogen-bond acceptors (Lipinski definition) is 3. The topological polar surface area (TPSA) is 40.6 Å². The number of carbonyl (C=O) groups is 2. The van der Waals surface area contributed by atoms with Crippen LogP contribution in [0.1, 0.15) is 12.0 Å². The van der Waals surface area contributed by atoms with Crippen LogP contribution in [0.3, 0.4) is 0 Å². The van der Waals surface area contributed by atoms with Gasteiger partial charge in [-0.15, -0.1) is 11.6 Å². The summed E-state index contributed by atoms with van der Waals surface area (Å²) in [5.74, 6) is -2.81. The van der Waals surface area contributed by atoms with Crippen LogP contribution in [0.25, 0.3) is 0 Å². The molecule has 1 saturated heterocycles. The van der Waals surface area contributed by atoms with Gasteiger partial charge in [-0.2, -0.15) is 25.8 Å². The number of benzene rings is 1. The van der Waals surface area contributed by atoms with Crippen LogP contribution in [0, 0.1) is 5.82 Å². The second-order valence-corrected chi connectivity index (χ2v) is 9.51. The van der Waals surface area contributed by atoms with Crippen molar-refractivity contribution < 1.29 is 27.2 Å².